The highest BCUT2D eigenvalue weighted by Gasteiger charge is 2.25. The topological polar surface area (TPSA) is 56.2 Å². The Morgan fingerprint density at radius 1 is 1.31 bits per heavy atom. The molecule has 0 fully saturated rings. The first-order chi connectivity index (χ1) is 14.1. The monoisotopic (exact) mass is 411 g/mol. The molecular formula is C23H29N3O2S. The largest absolute Gasteiger partial charge is 0.379 e. The van der Waals surface area contributed by atoms with Crippen molar-refractivity contribution in [2.24, 2.45) is 0 Å². The zero-order chi connectivity index (χ0) is 20.2. The summed E-state index contributed by atoms with van der Waals surface area (Å²) in [6.45, 7) is 6.26. The molecule has 1 unspecified atom stereocenters. The van der Waals surface area contributed by atoms with Crippen LogP contribution in [0.3, 0.4) is 0 Å². The van der Waals surface area contributed by atoms with Crippen molar-refractivity contribution in [3.05, 3.63) is 63.0 Å². The lowest BCUT2D eigenvalue weighted by Gasteiger charge is -2.23. The number of aryl methyl sites for hydroxylation is 2. The van der Waals surface area contributed by atoms with E-state index in [0.717, 1.165) is 42.4 Å². The van der Waals surface area contributed by atoms with Crippen LogP contribution in [0.4, 0.5) is 0 Å². The Labute approximate surface area is 175 Å². The summed E-state index contributed by atoms with van der Waals surface area (Å²) in [6, 6.07) is 11.0. The van der Waals surface area contributed by atoms with Crippen molar-refractivity contribution in [2.45, 2.75) is 64.8 Å². The Morgan fingerprint density at radius 3 is 2.93 bits per heavy atom. The van der Waals surface area contributed by atoms with Crippen LogP contribution in [0, 0.1) is 0 Å². The fourth-order valence-electron chi connectivity index (χ4n) is 3.95. The molecule has 0 saturated heterocycles. The van der Waals surface area contributed by atoms with E-state index in [4.69, 9.17) is 4.74 Å². The number of nitrogens with one attached hydrogen (secondary N) is 1. The first-order valence-electron chi connectivity index (χ1n) is 10.5. The number of hydrogen-bond donors (Lipinski definition) is 1. The maximum atomic E-state index is 13.1. The van der Waals surface area contributed by atoms with Gasteiger partial charge in [0.05, 0.1) is 17.8 Å². The summed E-state index contributed by atoms with van der Waals surface area (Å²) >= 11 is 1.69. The van der Waals surface area contributed by atoms with Gasteiger partial charge in [0.15, 0.2) is 0 Å². The number of nitrogens with zero attached hydrogens (tertiary/aromatic N) is 2. The van der Waals surface area contributed by atoms with E-state index in [1.54, 1.807) is 22.2 Å². The van der Waals surface area contributed by atoms with Crippen molar-refractivity contribution in [3.8, 4) is 0 Å². The minimum atomic E-state index is 0.104. The van der Waals surface area contributed by atoms with Crippen LogP contribution < -0.4 is 10.9 Å². The highest BCUT2D eigenvalue weighted by molar-refractivity contribution is 7.18. The summed E-state index contributed by atoms with van der Waals surface area (Å²) in [5, 5.41) is 4.53. The number of aromatic nitrogens is 2. The van der Waals surface area contributed by atoms with Crippen LogP contribution in [0.5, 0.6) is 0 Å². The molecule has 2 heterocycles. The van der Waals surface area contributed by atoms with Crippen molar-refractivity contribution < 1.29 is 4.74 Å². The number of rotatable bonds is 8. The van der Waals surface area contributed by atoms with E-state index in [0.29, 0.717) is 19.2 Å². The molecule has 6 heteroatoms. The molecule has 0 radical (unpaired) electrons. The van der Waals surface area contributed by atoms with Crippen molar-refractivity contribution in [1.29, 1.82) is 0 Å². The summed E-state index contributed by atoms with van der Waals surface area (Å²) in [5.74, 6) is 0. The minimum absolute atomic E-state index is 0.104. The molecule has 5 nitrogen and oxygen atoms in total. The molecule has 0 saturated carbocycles. The second-order valence-electron chi connectivity index (χ2n) is 8.01. The summed E-state index contributed by atoms with van der Waals surface area (Å²) < 4.78 is 7.34. The number of hydrogen-bond acceptors (Lipinski definition) is 5. The van der Waals surface area contributed by atoms with Gasteiger partial charge in [-0.15, -0.1) is 11.3 Å². The molecule has 1 N–H and O–H groups in total. The molecule has 1 atom stereocenters. The standard InChI is InChI=1S/C23H29N3O2S/c1-16(2)28-12-6-11-26-15-25-22-21(23(26)27)19-10-9-18(13-20(19)29-22)24-14-17-7-4-3-5-8-17/h3-5,7-8,15-16,18,24H,6,9-14H2,1-2H3. The highest BCUT2D eigenvalue weighted by atomic mass is 32.1. The Hall–Kier alpha value is -2.02. The quantitative estimate of drug-likeness (QED) is 0.571. The molecule has 0 amide bonds. The fourth-order valence-corrected chi connectivity index (χ4v) is 5.20. The fraction of sp³-hybridized carbons (Fsp3) is 0.478. The molecule has 1 aliphatic carbocycles. The SMILES string of the molecule is CC(C)OCCCn1cnc2sc3c(c2c1=O)CCC(NCc1ccccc1)C3. The van der Waals surface area contributed by atoms with Crippen LogP contribution in [0.15, 0.2) is 41.5 Å². The maximum Gasteiger partial charge on any atom is 0.262 e. The van der Waals surface area contributed by atoms with E-state index in [1.807, 2.05) is 19.9 Å². The van der Waals surface area contributed by atoms with E-state index in [2.05, 4.69) is 34.6 Å². The summed E-state index contributed by atoms with van der Waals surface area (Å²) in [5.41, 5.74) is 2.64. The molecule has 0 spiro atoms. The highest BCUT2D eigenvalue weighted by Crippen LogP contribution is 2.33. The lowest BCUT2D eigenvalue weighted by molar-refractivity contribution is 0.0747. The lowest BCUT2D eigenvalue weighted by atomic mass is 9.93. The molecular weight excluding hydrogens is 382 g/mol. The summed E-state index contributed by atoms with van der Waals surface area (Å²) in [4.78, 5) is 19.9. The molecule has 0 aliphatic heterocycles. The van der Waals surface area contributed by atoms with Crippen molar-refractivity contribution in [3.63, 3.8) is 0 Å². The molecule has 29 heavy (non-hydrogen) atoms. The maximum absolute atomic E-state index is 13.1. The minimum Gasteiger partial charge on any atom is -0.379 e. The molecule has 3 aromatic rings. The smallest absolute Gasteiger partial charge is 0.262 e. The normalized spacial score (nSPS) is 16.4. The van der Waals surface area contributed by atoms with Gasteiger partial charge < -0.3 is 10.1 Å². The van der Waals surface area contributed by atoms with Crippen LogP contribution in [0.2, 0.25) is 0 Å². The van der Waals surface area contributed by atoms with E-state index in [1.165, 1.54) is 16.0 Å². The van der Waals surface area contributed by atoms with Gasteiger partial charge in [-0.1, -0.05) is 30.3 Å². The van der Waals surface area contributed by atoms with Gasteiger partial charge in [0.1, 0.15) is 4.83 Å². The number of fused-ring (bicyclic) bond motifs is 3. The molecule has 4 rings (SSSR count). The number of benzene rings is 1. The average molecular weight is 412 g/mol. The third kappa shape index (κ3) is 4.77. The molecule has 2 aromatic heterocycles. The average Bonchev–Trinajstić information content (AvgIpc) is 3.10. The third-order valence-corrected chi connectivity index (χ3v) is 6.63. The first-order valence-corrected chi connectivity index (χ1v) is 11.3. The van der Waals surface area contributed by atoms with E-state index >= 15 is 0 Å². The van der Waals surface area contributed by atoms with Gasteiger partial charge in [0.2, 0.25) is 0 Å². The summed E-state index contributed by atoms with van der Waals surface area (Å²) in [7, 11) is 0. The van der Waals surface area contributed by atoms with E-state index < -0.39 is 0 Å². The van der Waals surface area contributed by atoms with Gasteiger partial charge in [-0.25, -0.2) is 4.98 Å². The van der Waals surface area contributed by atoms with E-state index in [-0.39, 0.29) is 11.7 Å². The Balaban J connectivity index is 1.45. The third-order valence-electron chi connectivity index (χ3n) is 5.47. The second-order valence-corrected chi connectivity index (χ2v) is 9.09. The Kier molecular flexibility index (Phi) is 6.43. The van der Waals surface area contributed by atoms with Gasteiger partial charge in [-0.2, -0.15) is 0 Å². The predicted octanol–water partition coefficient (Wildman–Crippen LogP) is 3.92. The number of ether oxygens (including phenoxy) is 1. The van der Waals surface area contributed by atoms with Crippen molar-refractivity contribution in [1.82, 2.24) is 14.9 Å². The number of thiophene rings is 1. The summed E-state index contributed by atoms with van der Waals surface area (Å²) in [6.07, 6.45) is 5.72. The van der Waals surface area contributed by atoms with E-state index in [9.17, 15) is 4.79 Å². The van der Waals surface area contributed by atoms with Crippen LogP contribution >= 0.6 is 11.3 Å². The predicted molar refractivity (Wildman–Crippen MR) is 119 cm³/mol. The molecule has 1 aromatic carbocycles. The Morgan fingerprint density at radius 2 is 2.14 bits per heavy atom. The zero-order valence-electron chi connectivity index (χ0n) is 17.2. The van der Waals surface area contributed by atoms with Gasteiger partial charge in [-0.05, 0) is 50.7 Å². The van der Waals surface area contributed by atoms with Crippen molar-refractivity contribution in [2.75, 3.05) is 6.61 Å². The van der Waals surface area contributed by atoms with Crippen LogP contribution in [0.1, 0.15) is 42.7 Å². The van der Waals surface area contributed by atoms with Crippen molar-refractivity contribution >= 4 is 21.6 Å². The van der Waals surface area contributed by atoms with Crippen LogP contribution in [-0.4, -0.2) is 28.3 Å². The van der Waals surface area contributed by atoms with Crippen LogP contribution in [0.25, 0.3) is 10.2 Å². The molecule has 1 aliphatic rings. The second kappa shape index (κ2) is 9.20. The van der Waals surface area contributed by atoms with Gasteiger partial charge in [0.25, 0.3) is 5.56 Å². The molecule has 0 bridgehead atoms. The zero-order valence-corrected chi connectivity index (χ0v) is 18.0. The lowest BCUT2D eigenvalue weighted by Crippen LogP contribution is -2.33. The van der Waals surface area contributed by atoms with Crippen LogP contribution in [-0.2, 0) is 30.7 Å². The molecule has 154 valence electrons. The van der Waals surface area contributed by atoms with Gasteiger partial charge in [-0.3, -0.25) is 9.36 Å². The van der Waals surface area contributed by atoms with Gasteiger partial charge in [0, 0.05) is 30.6 Å². The van der Waals surface area contributed by atoms with Gasteiger partial charge >= 0.3 is 0 Å². The first kappa shape index (κ1) is 20.3. The Bertz CT molecular complexity index is 1010.